The fraction of sp³-hybridized carbons (Fsp3) is 0.857. The Labute approximate surface area is 189 Å². The average Bonchev–Trinajstić information content (AvgIpc) is 2.48. The second kappa shape index (κ2) is 23.8. The van der Waals surface area contributed by atoms with Gasteiger partial charge in [0.1, 0.15) is 0 Å². The second-order valence-corrected chi connectivity index (χ2v) is 4.37. The monoisotopic (exact) mass is 366 g/mol. The van der Waals surface area contributed by atoms with Gasteiger partial charge in [-0.15, -0.1) is 0 Å². The number of hydrogen-bond acceptors (Lipinski definition) is 8. The maximum Gasteiger partial charge on any atom is 1.00 e. The van der Waals surface area contributed by atoms with E-state index in [1.807, 2.05) is 13.8 Å². The van der Waals surface area contributed by atoms with Gasteiger partial charge < -0.3 is 39.9 Å². The minimum atomic E-state index is -1.17. The van der Waals surface area contributed by atoms with Gasteiger partial charge in [-0.2, -0.15) is 0 Å². The number of carbonyl (C=O) groups excluding carboxylic acids is 2. The molecule has 0 saturated carbocycles. The number of ether oxygens (including phenoxy) is 2. The van der Waals surface area contributed by atoms with E-state index in [0.717, 1.165) is 13.1 Å². The van der Waals surface area contributed by atoms with E-state index in [-0.39, 0.29) is 59.1 Å². The third kappa shape index (κ3) is 25.0. The van der Waals surface area contributed by atoms with Crippen molar-refractivity contribution in [2.75, 3.05) is 39.4 Å². The first-order valence-corrected chi connectivity index (χ1v) is 7.43. The molecule has 0 amide bonds. The molecule has 8 nitrogen and oxygen atoms in total. The molecule has 0 aromatic rings. The van der Waals surface area contributed by atoms with Crippen LogP contribution in [0.1, 0.15) is 27.7 Å². The summed E-state index contributed by atoms with van der Waals surface area (Å²) in [6.45, 7) is 10.8. The molecule has 0 aliphatic heterocycles. The fourth-order valence-electron chi connectivity index (χ4n) is 1.11. The van der Waals surface area contributed by atoms with Crippen LogP contribution < -0.4 is 80.0 Å². The fourth-order valence-corrected chi connectivity index (χ4v) is 1.11. The Balaban J connectivity index is -0.000000154. The van der Waals surface area contributed by atoms with Gasteiger partial charge in [0.25, 0.3) is 0 Å². The molecule has 0 aromatic heterocycles. The first-order valence-electron chi connectivity index (χ1n) is 7.43. The van der Waals surface area contributed by atoms with E-state index in [9.17, 15) is 19.8 Å². The van der Waals surface area contributed by atoms with Crippen molar-refractivity contribution < 1.29 is 88.4 Å². The molecule has 0 aliphatic rings. The molecular formula is C14H28N2Na2O6. The molecule has 0 fully saturated rings. The zero-order valence-electron chi connectivity index (χ0n) is 15.8. The third-order valence-electron chi connectivity index (χ3n) is 2.46. The molecule has 10 heteroatoms. The Bertz CT molecular complexity index is 270. The van der Waals surface area contributed by atoms with Gasteiger partial charge >= 0.3 is 59.1 Å². The molecule has 0 rings (SSSR count). The summed E-state index contributed by atoms with van der Waals surface area (Å²) >= 11 is 0. The van der Waals surface area contributed by atoms with Gasteiger partial charge in [0, 0.05) is 13.1 Å². The molecule has 132 valence electrons. The first-order chi connectivity index (χ1) is 10.4. The first kappa shape index (κ1) is 32.5. The number of carbonyl (C=O) groups is 2. The van der Waals surface area contributed by atoms with Crippen molar-refractivity contribution in [1.29, 1.82) is 0 Å². The molecule has 2 N–H and O–H groups in total. The number of aliphatic carboxylic acids is 2. The zero-order chi connectivity index (χ0) is 17.4. The van der Waals surface area contributed by atoms with Crippen molar-refractivity contribution in [2.45, 2.75) is 39.9 Å². The molecule has 0 radical (unpaired) electrons. The summed E-state index contributed by atoms with van der Waals surface area (Å²) in [5, 5.41) is 26.2. The van der Waals surface area contributed by atoms with Gasteiger partial charge in [-0.3, -0.25) is 0 Å². The standard InChI is InChI=1S/2C7H15NO3.2Na/c2*1-3-8-4-5-11-6(2)7(9)10;;/h2*6,8H,3-5H2,1-2H3,(H,9,10);;/q;;2*+1/p-2. The van der Waals surface area contributed by atoms with E-state index < -0.39 is 24.1 Å². The normalized spacial score (nSPS) is 11.8. The van der Waals surface area contributed by atoms with Crippen molar-refractivity contribution in [1.82, 2.24) is 10.6 Å². The van der Waals surface area contributed by atoms with Crippen LogP contribution in [0.15, 0.2) is 0 Å². The van der Waals surface area contributed by atoms with Crippen LogP contribution in [0, 0.1) is 0 Å². The van der Waals surface area contributed by atoms with Crippen molar-refractivity contribution >= 4 is 11.9 Å². The molecule has 0 saturated heterocycles. The van der Waals surface area contributed by atoms with Crippen LogP contribution in [-0.4, -0.2) is 63.5 Å². The maximum absolute atomic E-state index is 10.1. The summed E-state index contributed by atoms with van der Waals surface area (Å²) in [4.78, 5) is 20.2. The minimum Gasteiger partial charge on any atom is -0.547 e. The van der Waals surface area contributed by atoms with Crippen LogP contribution in [0.4, 0.5) is 0 Å². The zero-order valence-corrected chi connectivity index (χ0v) is 19.8. The van der Waals surface area contributed by atoms with Gasteiger partial charge in [-0.05, 0) is 26.9 Å². The summed E-state index contributed by atoms with van der Waals surface area (Å²) in [5.74, 6) is -2.33. The van der Waals surface area contributed by atoms with Crippen LogP contribution in [0.3, 0.4) is 0 Å². The predicted octanol–water partition coefficient (Wildman–Crippen LogP) is -8.49. The van der Waals surface area contributed by atoms with E-state index >= 15 is 0 Å². The Morgan fingerprint density at radius 2 is 1.12 bits per heavy atom. The Morgan fingerprint density at radius 3 is 1.33 bits per heavy atom. The second-order valence-electron chi connectivity index (χ2n) is 4.37. The molecule has 24 heavy (non-hydrogen) atoms. The van der Waals surface area contributed by atoms with Crippen molar-refractivity contribution in [3.8, 4) is 0 Å². The van der Waals surface area contributed by atoms with Gasteiger partial charge in [0.15, 0.2) is 0 Å². The van der Waals surface area contributed by atoms with Crippen LogP contribution >= 0.6 is 0 Å². The third-order valence-corrected chi connectivity index (χ3v) is 2.46. The summed E-state index contributed by atoms with van der Waals surface area (Å²) in [6, 6.07) is 0. The largest absolute Gasteiger partial charge is 1.00 e. The molecule has 0 bridgehead atoms. The molecule has 0 heterocycles. The van der Waals surface area contributed by atoms with Crippen LogP contribution in [0.2, 0.25) is 0 Å². The molecular weight excluding hydrogens is 338 g/mol. The number of rotatable bonds is 12. The summed E-state index contributed by atoms with van der Waals surface area (Å²) in [5.41, 5.74) is 0. The van der Waals surface area contributed by atoms with E-state index in [4.69, 9.17) is 9.47 Å². The maximum atomic E-state index is 10.1. The summed E-state index contributed by atoms with van der Waals surface area (Å²) < 4.78 is 9.76. The molecule has 0 aliphatic carbocycles. The minimum absolute atomic E-state index is 0. The number of carboxylic acid groups (broad SMARTS) is 2. The summed E-state index contributed by atoms with van der Waals surface area (Å²) in [6.07, 6.45) is -1.62. The van der Waals surface area contributed by atoms with E-state index in [2.05, 4.69) is 10.6 Å². The number of carboxylic acids is 2. The van der Waals surface area contributed by atoms with Gasteiger partial charge in [-0.25, -0.2) is 0 Å². The Kier molecular flexibility index (Phi) is 32.2. The Morgan fingerprint density at radius 1 is 0.833 bits per heavy atom. The molecule has 0 aromatic carbocycles. The predicted molar refractivity (Wildman–Crippen MR) is 77.9 cm³/mol. The topological polar surface area (TPSA) is 123 Å². The van der Waals surface area contributed by atoms with Gasteiger partial charge in [0.05, 0.1) is 37.4 Å². The van der Waals surface area contributed by atoms with Crippen molar-refractivity contribution in [3.05, 3.63) is 0 Å². The van der Waals surface area contributed by atoms with E-state index in [1.165, 1.54) is 13.8 Å². The average molecular weight is 366 g/mol. The van der Waals surface area contributed by atoms with Crippen LogP contribution in [0.25, 0.3) is 0 Å². The number of likely N-dealkylation sites (N-methyl/N-ethyl adjacent to an activating group) is 2. The molecule has 0 spiro atoms. The van der Waals surface area contributed by atoms with Gasteiger partial charge in [0.2, 0.25) is 0 Å². The number of hydrogen-bond donors (Lipinski definition) is 2. The molecule has 2 unspecified atom stereocenters. The smallest absolute Gasteiger partial charge is 0.547 e. The van der Waals surface area contributed by atoms with Crippen molar-refractivity contribution in [2.24, 2.45) is 0 Å². The van der Waals surface area contributed by atoms with Gasteiger partial charge in [-0.1, -0.05) is 13.8 Å². The quantitative estimate of drug-likeness (QED) is 0.258. The number of nitrogens with one attached hydrogen (secondary N) is 2. The Hall–Kier alpha value is 0.780. The molecule has 2 atom stereocenters. The SMILES string of the molecule is CCNCCOC(C)C(=O)[O-].CCNCCOC(C)C(=O)[O-].[Na+].[Na+]. The van der Waals surface area contributed by atoms with Crippen LogP contribution in [0.5, 0.6) is 0 Å². The van der Waals surface area contributed by atoms with E-state index in [1.54, 1.807) is 0 Å². The van der Waals surface area contributed by atoms with Crippen LogP contribution in [-0.2, 0) is 19.1 Å². The van der Waals surface area contributed by atoms with E-state index in [0.29, 0.717) is 26.3 Å². The summed E-state index contributed by atoms with van der Waals surface area (Å²) in [7, 11) is 0. The van der Waals surface area contributed by atoms with Crippen molar-refractivity contribution in [3.63, 3.8) is 0 Å².